The van der Waals surface area contributed by atoms with E-state index < -0.39 is 0 Å². The zero-order valence-electron chi connectivity index (χ0n) is 10.9. The largest absolute Gasteiger partial charge is 0.465 e. The Balaban J connectivity index is 3.44. The van der Waals surface area contributed by atoms with Crippen molar-refractivity contribution in [3.05, 3.63) is 0 Å². The molecule has 0 bridgehead atoms. The Labute approximate surface area is 120 Å². The number of rotatable bonds is 9. The van der Waals surface area contributed by atoms with Crippen molar-refractivity contribution in [3.63, 3.8) is 0 Å². The summed E-state index contributed by atoms with van der Waals surface area (Å²) in [6.07, 6.45) is 1.92. The predicted octanol–water partition coefficient (Wildman–Crippen LogP) is 2.27. The van der Waals surface area contributed by atoms with Crippen molar-refractivity contribution in [2.45, 2.75) is 50.0 Å². The summed E-state index contributed by atoms with van der Waals surface area (Å²) in [5.74, 6) is -0.485. The zero-order valence-corrected chi connectivity index (χ0v) is 12.7. The number of carbonyl (C=O) groups excluding carboxylic acids is 2. The van der Waals surface area contributed by atoms with Gasteiger partial charge in [0.2, 0.25) is 0 Å². The molecule has 0 fully saturated rings. The van der Waals surface area contributed by atoms with E-state index in [1.165, 1.54) is 0 Å². The van der Waals surface area contributed by atoms with Crippen LogP contribution < -0.4 is 0 Å². The van der Waals surface area contributed by atoms with Crippen LogP contribution in [-0.4, -0.2) is 35.7 Å². The van der Waals surface area contributed by atoms with Crippen molar-refractivity contribution in [1.82, 2.24) is 0 Å². The topological polar surface area (TPSA) is 52.6 Å². The number of hydrogen-bond acceptors (Lipinski definition) is 6. The number of esters is 2. The number of carbonyl (C=O) groups is 2. The molecule has 0 aliphatic carbocycles. The molecule has 0 spiro atoms. The van der Waals surface area contributed by atoms with E-state index in [9.17, 15) is 9.59 Å². The summed E-state index contributed by atoms with van der Waals surface area (Å²) in [6.45, 7) is 4.36. The van der Waals surface area contributed by atoms with Gasteiger partial charge in [0, 0.05) is 23.3 Å². The molecule has 0 aromatic heterocycles. The van der Waals surface area contributed by atoms with Crippen LogP contribution in [0.1, 0.15) is 39.5 Å². The molecule has 0 saturated heterocycles. The monoisotopic (exact) mass is 294 g/mol. The molecule has 0 aliphatic heterocycles. The third kappa shape index (κ3) is 12.1. The summed E-state index contributed by atoms with van der Waals surface area (Å²) >= 11 is 8.21. The maximum absolute atomic E-state index is 11.2. The van der Waals surface area contributed by atoms with Crippen molar-refractivity contribution < 1.29 is 19.1 Å². The molecule has 106 valence electrons. The fourth-order valence-electron chi connectivity index (χ4n) is 1.11. The zero-order chi connectivity index (χ0) is 14.0. The molecule has 2 atom stereocenters. The lowest BCUT2D eigenvalue weighted by atomic mass is 10.2. The van der Waals surface area contributed by atoms with Crippen LogP contribution in [0.2, 0.25) is 0 Å². The molecule has 2 unspecified atom stereocenters. The molecule has 0 aliphatic rings. The second-order valence-corrected chi connectivity index (χ2v) is 6.03. The second-order valence-electron chi connectivity index (χ2n) is 4.27. The lowest BCUT2D eigenvalue weighted by molar-refractivity contribution is -0.145. The maximum atomic E-state index is 11.2. The summed E-state index contributed by atoms with van der Waals surface area (Å²) < 4.78 is 9.90. The Bertz CT molecular complexity index is 228. The standard InChI is InChI=1S/C12H22O4S2/c1-9(17)7-15-11(13)5-3-4-6-12(14)16-8-10(2)18/h9-10,17-18H,3-8H2,1-2H3. The van der Waals surface area contributed by atoms with Gasteiger partial charge in [0.1, 0.15) is 13.2 Å². The number of ether oxygens (including phenoxy) is 2. The lowest BCUT2D eigenvalue weighted by Gasteiger charge is -2.07. The van der Waals surface area contributed by atoms with Crippen LogP contribution in [0.25, 0.3) is 0 Å². The average molecular weight is 294 g/mol. The molecule has 0 amide bonds. The van der Waals surface area contributed by atoms with E-state index in [1.54, 1.807) is 0 Å². The quantitative estimate of drug-likeness (QED) is 0.389. The average Bonchev–Trinajstić information content (AvgIpc) is 2.29. The minimum atomic E-state index is -0.242. The second kappa shape index (κ2) is 10.6. The van der Waals surface area contributed by atoms with Gasteiger partial charge in [-0.1, -0.05) is 13.8 Å². The van der Waals surface area contributed by atoms with Crippen molar-refractivity contribution in [2.75, 3.05) is 13.2 Å². The number of hydrogen-bond donors (Lipinski definition) is 2. The fourth-order valence-corrected chi connectivity index (χ4v) is 1.26. The van der Waals surface area contributed by atoms with Gasteiger partial charge < -0.3 is 9.47 Å². The van der Waals surface area contributed by atoms with E-state index in [4.69, 9.17) is 9.47 Å². The Kier molecular flexibility index (Phi) is 10.3. The van der Waals surface area contributed by atoms with Crippen LogP contribution in [0, 0.1) is 0 Å². The van der Waals surface area contributed by atoms with Crippen LogP contribution in [0.15, 0.2) is 0 Å². The first kappa shape index (κ1) is 17.6. The molecule has 0 heterocycles. The number of thiol groups is 2. The SMILES string of the molecule is CC(S)COC(=O)CCCCC(=O)OCC(C)S. The minimum Gasteiger partial charge on any atom is -0.465 e. The summed E-state index contributed by atoms with van der Waals surface area (Å²) in [5, 5.41) is 0.0966. The van der Waals surface area contributed by atoms with Gasteiger partial charge >= 0.3 is 11.9 Å². The summed E-state index contributed by atoms with van der Waals surface area (Å²) in [4.78, 5) is 22.4. The van der Waals surface area contributed by atoms with E-state index in [1.807, 2.05) is 13.8 Å². The Morgan fingerprint density at radius 2 is 1.22 bits per heavy atom. The van der Waals surface area contributed by atoms with Gasteiger partial charge in [-0.25, -0.2) is 0 Å². The van der Waals surface area contributed by atoms with Crippen LogP contribution in [0.3, 0.4) is 0 Å². The Hall–Kier alpha value is -0.360. The molecule has 0 saturated carbocycles. The van der Waals surface area contributed by atoms with Crippen LogP contribution in [0.5, 0.6) is 0 Å². The summed E-state index contributed by atoms with van der Waals surface area (Å²) in [7, 11) is 0. The van der Waals surface area contributed by atoms with Gasteiger partial charge in [0.25, 0.3) is 0 Å². The van der Waals surface area contributed by atoms with Crippen molar-refractivity contribution in [3.8, 4) is 0 Å². The first-order chi connectivity index (χ1) is 8.41. The van der Waals surface area contributed by atoms with Crippen LogP contribution >= 0.6 is 25.3 Å². The summed E-state index contributed by atoms with van der Waals surface area (Å²) in [6, 6.07) is 0. The molecule has 0 N–H and O–H groups in total. The predicted molar refractivity (Wildman–Crippen MR) is 77.3 cm³/mol. The van der Waals surface area contributed by atoms with E-state index in [0.29, 0.717) is 38.9 Å². The molecule has 0 radical (unpaired) electrons. The van der Waals surface area contributed by atoms with Crippen molar-refractivity contribution in [1.29, 1.82) is 0 Å². The molecule has 0 aromatic carbocycles. The van der Waals surface area contributed by atoms with Gasteiger partial charge in [-0.3, -0.25) is 9.59 Å². The third-order valence-corrected chi connectivity index (χ3v) is 2.28. The highest BCUT2D eigenvalue weighted by atomic mass is 32.1. The van der Waals surface area contributed by atoms with Gasteiger partial charge in [-0.05, 0) is 12.8 Å². The lowest BCUT2D eigenvalue weighted by Crippen LogP contribution is -2.13. The first-order valence-corrected chi connectivity index (χ1v) is 7.12. The maximum Gasteiger partial charge on any atom is 0.305 e. The van der Waals surface area contributed by atoms with E-state index >= 15 is 0 Å². The fraction of sp³-hybridized carbons (Fsp3) is 0.833. The smallest absolute Gasteiger partial charge is 0.305 e. The molecule has 0 aromatic rings. The van der Waals surface area contributed by atoms with E-state index in [-0.39, 0.29) is 22.4 Å². The molecule has 6 heteroatoms. The van der Waals surface area contributed by atoms with Gasteiger partial charge in [-0.2, -0.15) is 25.3 Å². The van der Waals surface area contributed by atoms with Crippen molar-refractivity contribution >= 4 is 37.2 Å². The molecule has 0 rings (SSSR count). The minimum absolute atomic E-state index is 0.0483. The highest BCUT2D eigenvalue weighted by Gasteiger charge is 2.07. The molecular formula is C12H22O4S2. The van der Waals surface area contributed by atoms with Crippen LogP contribution in [-0.2, 0) is 19.1 Å². The normalized spacial score (nSPS) is 13.8. The van der Waals surface area contributed by atoms with E-state index in [2.05, 4.69) is 25.3 Å². The van der Waals surface area contributed by atoms with Gasteiger partial charge in [0.15, 0.2) is 0 Å². The van der Waals surface area contributed by atoms with Crippen molar-refractivity contribution in [2.24, 2.45) is 0 Å². The van der Waals surface area contributed by atoms with Crippen LogP contribution in [0.4, 0.5) is 0 Å². The first-order valence-electron chi connectivity index (χ1n) is 6.09. The summed E-state index contributed by atoms with van der Waals surface area (Å²) in [5.41, 5.74) is 0. The van der Waals surface area contributed by atoms with Gasteiger partial charge in [-0.15, -0.1) is 0 Å². The highest BCUT2D eigenvalue weighted by Crippen LogP contribution is 2.05. The van der Waals surface area contributed by atoms with Gasteiger partial charge in [0.05, 0.1) is 0 Å². The molecule has 4 nitrogen and oxygen atoms in total. The van der Waals surface area contributed by atoms with E-state index in [0.717, 1.165) is 0 Å². The highest BCUT2D eigenvalue weighted by molar-refractivity contribution is 7.81. The molecular weight excluding hydrogens is 272 g/mol. The Morgan fingerprint density at radius 3 is 1.50 bits per heavy atom. The third-order valence-electron chi connectivity index (χ3n) is 1.98. The Morgan fingerprint density at radius 1 is 0.889 bits per heavy atom. The number of unbranched alkanes of at least 4 members (excludes halogenated alkanes) is 1. The molecule has 18 heavy (non-hydrogen) atoms.